The van der Waals surface area contributed by atoms with E-state index in [0.29, 0.717) is 0 Å². The molecule has 0 saturated heterocycles. The van der Waals surface area contributed by atoms with Crippen LogP contribution in [-0.2, 0) is 6.42 Å². The SMILES string of the molecule is CCCc1c2ccccc2n2c1[nH]c(=O)c1ccccc12. The minimum atomic E-state index is -0.0155. The van der Waals surface area contributed by atoms with E-state index < -0.39 is 0 Å². The first-order valence-electron chi connectivity index (χ1n) is 7.34. The molecule has 2 aromatic heterocycles. The average molecular weight is 276 g/mol. The summed E-state index contributed by atoms with van der Waals surface area (Å²) in [6.45, 7) is 2.16. The Morgan fingerprint density at radius 1 is 0.952 bits per heavy atom. The van der Waals surface area contributed by atoms with E-state index in [9.17, 15) is 4.79 Å². The van der Waals surface area contributed by atoms with Crippen molar-refractivity contribution in [2.45, 2.75) is 19.8 Å². The maximum Gasteiger partial charge on any atom is 0.258 e. The number of hydrogen-bond acceptors (Lipinski definition) is 1. The lowest BCUT2D eigenvalue weighted by atomic mass is 10.1. The van der Waals surface area contributed by atoms with E-state index in [-0.39, 0.29) is 5.56 Å². The highest BCUT2D eigenvalue weighted by Crippen LogP contribution is 2.28. The van der Waals surface area contributed by atoms with Crippen LogP contribution in [0.2, 0.25) is 0 Å². The molecule has 104 valence electrons. The summed E-state index contributed by atoms with van der Waals surface area (Å²) in [4.78, 5) is 15.4. The Morgan fingerprint density at radius 2 is 1.57 bits per heavy atom. The van der Waals surface area contributed by atoms with Crippen LogP contribution in [-0.4, -0.2) is 9.38 Å². The smallest absolute Gasteiger partial charge is 0.258 e. The van der Waals surface area contributed by atoms with Gasteiger partial charge in [-0.2, -0.15) is 0 Å². The van der Waals surface area contributed by atoms with Crippen LogP contribution in [0, 0.1) is 0 Å². The number of fused-ring (bicyclic) bond motifs is 5. The average Bonchev–Trinajstić information content (AvgIpc) is 2.83. The van der Waals surface area contributed by atoms with Crippen LogP contribution in [0.25, 0.3) is 27.5 Å². The summed E-state index contributed by atoms with van der Waals surface area (Å²) in [5.41, 5.74) is 4.27. The van der Waals surface area contributed by atoms with E-state index in [0.717, 1.165) is 34.9 Å². The molecule has 4 rings (SSSR count). The standard InChI is InChI=1S/C18H16N2O/c1-2-7-13-12-8-3-5-10-15(12)20-16-11-6-4-9-14(16)18(21)19-17(13)20/h3-6,8-11H,2,7H2,1H3,(H,19,21). The number of benzene rings is 2. The van der Waals surface area contributed by atoms with Crippen molar-refractivity contribution in [1.29, 1.82) is 0 Å². The molecule has 0 radical (unpaired) electrons. The Bertz CT molecular complexity index is 1020. The van der Waals surface area contributed by atoms with Crippen molar-refractivity contribution in [3.8, 4) is 0 Å². The minimum Gasteiger partial charge on any atom is -0.307 e. The number of aromatic amines is 1. The third kappa shape index (κ3) is 1.64. The first-order valence-corrected chi connectivity index (χ1v) is 7.34. The summed E-state index contributed by atoms with van der Waals surface area (Å²) in [5.74, 6) is 0. The second kappa shape index (κ2) is 4.48. The fourth-order valence-electron chi connectivity index (χ4n) is 3.23. The lowest BCUT2D eigenvalue weighted by Crippen LogP contribution is -2.09. The highest BCUT2D eigenvalue weighted by molar-refractivity contribution is 5.96. The lowest BCUT2D eigenvalue weighted by Gasteiger charge is -2.04. The third-order valence-electron chi connectivity index (χ3n) is 4.10. The van der Waals surface area contributed by atoms with Crippen molar-refractivity contribution in [2.75, 3.05) is 0 Å². The predicted octanol–water partition coefficient (Wildman–Crippen LogP) is 3.89. The van der Waals surface area contributed by atoms with E-state index >= 15 is 0 Å². The molecule has 21 heavy (non-hydrogen) atoms. The zero-order chi connectivity index (χ0) is 14.4. The zero-order valence-electron chi connectivity index (χ0n) is 11.9. The van der Waals surface area contributed by atoms with Crippen LogP contribution in [0.3, 0.4) is 0 Å². The topological polar surface area (TPSA) is 37.3 Å². The summed E-state index contributed by atoms with van der Waals surface area (Å²) in [5, 5.41) is 1.96. The predicted molar refractivity (Wildman–Crippen MR) is 87.0 cm³/mol. The van der Waals surface area contributed by atoms with E-state index in [1.54, 1.807) is 0 Å². The van der Waals surface area contributed by atoms with Crippen LogP contribution in [0.4, 0.5) is 0 Å². The van der Waals surface area contributed by atoms with Gasteiger partial charge in [0.1, 0.15) is 5.65 Å². The molecule has 0 aliphatic heterocycles. The van der Waals surface area contributed by atoms with Crippen molar-refractivity contribution in [1.82, 2.24) is 9.38 Å². The summed E-state index contributed by atoms with van der Waals surface area (Å²) in [6, 6.07) is 16.1. The van der Waals surface area contributed by atoms with Gasteiger partial charge in [0.2, 0.25) is 0 Å². The molecule has 1 N–H and O–H groups in total. The number of aromatic nitrogens is 2. The second-order valence-electron chi connectivity index (χ2n) is 5.40. The Hall–Kier alpha value is -2.55. The van der Waals surface area contributed by atoms with Crippen molar-refractivity contribution < 1.29 is 0 Å². The van der Waals surface area contributed by atoms with Gasteiger partial charge in [-0.25, -0.2) is 0 Å². The Morgan fingerprint density at radius 3 is 2.29 bits per heavy atom. The monoisotopic (exact) mass is 276 g/mol. The van der Waals surface area contributed by atoms with Gasteiger partial charge in [-0.1, -0.05) is 43.7 Å². The van der Waals surface area contributed by atoms with Gasteiger partial charge < -0.3 is 4.98 Å². The summed E-state index contributed by atoms with van der Waals surface area (Å²) < 4.78 is 2.18. The molecule has 0 aliphatic carbocycles. The van der Waals surface area contributed by atoms with E-state index in [1.165, 1.54) is 10.9 Å². The zero-order valence-corrected chi connectivity index (χ0v) is 11.9. The number of para-hydroxylation sites is 2. The lowest BCUT2D eigenvalue weighted by molar-refractivity contribution is 0.930. The van der Waals surface area contributed by atoms with Crippen molar-refractivity contribution in [3.05, 3.63) is 64.4 Å². The molecule has 0 aliphatic rings. The third-order valence-corrected chi connectivity index (χ3v) is 4.10. The van der Waals surface area contributed by atoms with Crippen LogP contribution >= 0.6 is 0 Å². The van der Waals surface area contributed by atoms with Crippen LogP contribution in [0.5, 0.6) is 0 Å². The van der Waals surface area contributed by atoms with E-state index in [4.69, 9.17) is 0 Å². The second-order valence-corrected chi connectivity index (χ2v) is 5.40. The molecule has 2 heterocycles. The number of nitrogens with one attached hydrogen (secondary N) is 1. The summed E-state index contributed by atoms with van der Waals surface area (Å²) >= 11 is 0. The largest absolute Gasteiger partial charge is 0.307 e. The molecule has 0 atom stereocenters. The molecule has 0 bridgehead atoms. The molecule has 0 fully saturated rings. The highest BCUT2D eigenvalue weighted by atomic mass is 16.1. The molecule has 4 aromatic rings. The first kappa shape index (κ1) is 12.2. The van der Waals surface area contributed by atoms with E-state index in [2.05, 4.69) is 34.5 Å². The molecular weight excluding hydrogens is 260 g/mol. The fraction of sp³-hybridized carbons (Fsp3) is 0.167. The van der Waals surface area contributed by atoms with Crippen LogP contribution in [0.1, 0.15) is 18.9 Å². The molecule has 0 spiro atoms. The van der Waals surface area contributed by atoms with E-state index in [1.807, 2.05) is 30.3 Å². The molecule has 0 unspecified atom stereocenters. The normalized spacial score (nSPS) is 11.7. The molecule has 0 amide bonds. The number of H-pyrrole nitrogens is 1. The molecule has 3 heteroatoms. The highest BCUT2D eigenvalue weighted by Gasteiger charge is 2.14. The van der Waals surface area contributed by atoms with Crippen LogP contribution in [0.15, 0.2) is 53.3 Å². The fourth-order valence-corrected chi connectivity index (χ4v) is 3.23. The molecule has 2 aromatic carbocycles. The number of nitrogens with zero attached hydrogens (tertiary/aromatic N) is 1. The Kier molecular flexibility index (Phi) is 2.61. The molecule has 0 saturated carbocycles. The van der Waals surface area contributed by atoms with Gasteiger partial charge in [0.25, 0.3) is 5.56 Å². The summed E-state index contributed by atoms with van der Waals surface area (Å²) in [7, 11) is 0. The van der Waals surface area contributed by atoms with Gasteiger partial charge in [-0.3, -0.25) is 9.20 Å². The number of hydrogen-bond donors (Lipinski definition) is 1. The summed E-state index contributed by atoms with van der Waals surface area (Å²) in [6.07, 6.45) is 2.02. The Labute approximate surface area is 121 Å². The van der Waals surface area contributed by atoms with Gasteiger partial charge >= 0.3 is 0 Å². The maximum absolute atomic E-state index is 12.4. The van der Waals surface area contributed by atoms with Gasteiger partial charge in [0, 0.05) is 10.9 Å². The van der Waals surface area contributed by atoms with Gasteiger partial charge in [0.05, 0.1) is 16.4 Å². The number of rotatable bonds is 2. The van der Waals surface area contributed by atoms with Crippen molar-refractivity contribution >= 4 is 27.5 Å². The van der Waals surface area contributed by atoms with Gasteiger partial charge in [-0.05, 0) is 24.6 Å². The van der Waals surface area contributed by atoms with Crippen LogP contribution < -0.4 is 5.56 Å². The maximum atomic E-state index is 12.4. The number of aryl methyl sites for hydroxylation is 1. The van der Waals surface area contributed by atoms with Crippen molar-refractivity contribution in [2.24, 2.45) is 0 Å². The minimum absolute atomic E-state index is 0.0155. The van der Waals surface area contributed by atoms with Gasteiger partial charge in [0.15, 0.2) is 0 Å². The Balaban J connectivity index is 2.35. The van der Waals surface area contributed by atoms with Gasteiger partial charge in [-0.15, -0.1) is 0 Å². The molecule has 3 nitrogen and oxygen atoms in total. The first-order chi connectivity index (χ1) is 10.3. The van der Waals surface area contributed by atoms with Crippen molar-refractivity contribution in [3.63, 3.8) is 0 Å². The molecular formula is C18H16N2O. The quantitative estimate of drug-likeness (QED) is 0.592.